The monoisotopic (exact) mass is 182 g/mol. The van der Waals surface area contributed by atoms with Crippen molar-refractivity contribution in [1.29, 1.82) is 0 Å². The normalized spacial score (nSPS) is 13.4. The van der Waals surface area contributed by atoms with Crippen LogP contribution in [0.4, 0.5) is 0 Å². The molecule has 1 aromatic heterocycles. The Kier molecular flexibility index (Phi) is 3.29. The van der Waals surface area contributed by atoms with Gasteiger partial charge in [0, 0.05) is 11.1 Å². The van der Waals surface area contributed by atoms with Gasteiger partial charge in [0.05, 0.1) is 11.0 Å². The Morgan fingerprint density at radius 2 is 2.17 bits per heavy atom. The Balaban J connectivity index is 2.64. The van der Waals surface area contributed by atoms with Crippen LogP contribution in [0.15, 0.2) is 6.20 Å². The van der Waals surface area contributed by atoms with Gasteiger partial charge in [0.1, 0.15) is 0 Å². The minimum atomic E-state index is -0.392. The molecule has 1 unspecified atom stereocenters. The predicted molar refractivity (Wildman–Crippen MR) is 53.2 cm³/mol. The van der Waals surface area contributed by atoms with Crippen LogP contribution >= 0.6 is 11.3 Å². The molecule has 1 N–H and O–H groups in total. The van der Waals surface area contributed by atoms with Gasteiger partial charge in [0.2, 0.25) is 0 Å². The molecule has 0 bridgehead atoms. The standard InChI is InChI=1S/C8H13BNOS/c1-5(2)9-8-10-4-7(12-8)6(3)11/h4-6,11H,1-3H3. The Morgan fingerprint density at radius 1 is 1.50 bits per heavy atom. The number of nitrogens with zero attached hydrogens (tertiary/aromatic N) is 1. The lowest BCUT2D eigenvalue weighted by atomic mass is 9.67. The molecule has 1 atom stereocenters. The van der Waals surface area contributed by atoms with Crippen molar-refractivity contribution >= 4 is 23.5 Å². The molecule has 1 radical (unpaired) electrons. The van der Waals surface area contributed by atoms with E-state index in [1.807, 2.05) is 0 Å². The van der Waals surface area contributed by atoms with Gasteiger partial charge < -0.3 is 5.11 Å². The fourth-order valence-electron chi connectivity index (χ4n) is 0.856. The lowest BCUT2D eigenvalue weighted by molar-refractivity contribution is 0.203. The zero-order valence-electron chi connectivity index (χ0n) is 7.61. The van der Waals surface area contributed by atoms with E-state index in [0.717, 1.165) is 9.78 Å². The van der Waals surface area contributed by atoms with E-state index in [1.54, 1.807) is 24.5 Å². The van der Waals surface area contributed by atoms with Crippen molar-refractivity contribution in [3.63, 3.8) is 0 Å². The first-order chi connectivity index (χ1) is 5.59. The Hall–Kier alpha value is -0.345. The minimum absolute atomic E-state index is 0.392. The minimum Gasteiger partial charge on any atom is -0.388 e. The fraction of sp³-hybridized carbons (Fsp3) is 0.625. The molecule has 0 aliphatic rings. The summed E-state index contributed by atoms with van der Waals surface area (Å²) < 4.78 is 0. The van der Waals surface area contributed by atoms with Crippen LogP contribution in [0.5, 0.6) is 0 Å². The number of hydrogen-bond donors (Lipinski definition) is 1. The highest BCUT2D eigenvalue weighted by Gasteiger charge is 2.08. The molecule has 12 heavy (non-hydrogen) atoms. The summed E-state index contributed by atoms with van der Waals surface area (Å²) in [6.07, 6.45) is 1.35. The number of aliphatic hydroxyl groups excluding tert-OH is 1. The second kappa shape index (κ2) is 4.05. The molecule has 0 aliphatic carbocycles. The van der Waals surface area contributed by atoms with Gasteiger partial charge in [-0.05, 0) is 6.92 Å². The number of rotatable bonds is 3. The Labute approximate surface area is 77.9 Å². The van der Waals surface area contributed by atoms with E-state index in [0.29, 0.717) is 5.82 Å². The molecule has 0 fully saturated rings. The third-order valence-corrected chi connectivity index (χ3v) is 2.56. The van der Waals surface area contributed by atoms with Crippen LogP contribution in [-0.2, 0) is 0 Å². The van der Waals surface area contributed by atoms with Gasteiger partial charge in [-0.25, -0.2) is 0 Å². The second-order valence-corrected chi connectivity index (χ2v) is 4.28. The average molecular weight is 182 g/mol. The highest BCUT2D eigenvalue weighted by molar-refractivity contribution is 7.21. The second-order valence-electron chi connectivity index (χ2n) is 3.19. The van der Waals surface area contributed by atoms with Crippen LogP contribution in [0.2, 0.25) is 5.82 Å². The first-order valence-corrected chi connectivity index (χ1v) is 4.90. The first-order valence-electron chi connectivity index (χ1n) is 4.08. The number of thiazole rings is 1. The van der Waals surface area contributed by atoms with Crippen molar-refractivity contribution < 1.29 is 5.11 Å². The highest BCUT2D eigenvalue weighted by Crippen LogP contribution is 2.14. The quantitative estimate of drug-likeness (QED) is 0.715. The largest absolute Gasteiger partial charge is 0.388 e. The number of aliphatic hydroxyl groups is 1. The van der Waals surface area contributed by atoms with Crippen LogP contribution < -0.4 is 4.91 Å². The molecule has 65 valence electrons. The summed E-state index contributed by atoms with van der Waals surface area (Å²) in [5.74, 6) is 0.512. The van der Waals surface area contributed by atoms with Crippen LogP contribution in [0.25, 0.3) is 0 Å². The maximum Gasteiger partial charge on any atom is 0.195 e. The molecule has 0 saturated carbocycles. The van der Waals surface area contributed by atoms with Crippen molar-refractivity contribution in [2.24, 2.45) is 0 Å². The lowest BCUT2D eigenvalue weighted by Crippen LogP contribution is -2.14. The topological polar surface area (TPSA) is 33.1 Å². The Bertz CT molecular complexity index is 247. The van der Waals surface area contributed by atoms with Crippen molar-refractivity contribution in [2.75, 3.05) is 0 Å². The van der Waals surface area contributed by atoms with E-state index >= 15 is 0 Å². The molecule has 0 aliphatic heterocycles. The van der Waals surface area contributed by atoms with Gasteiger partial charge in [0.15, 0.2) is 7.28 Å². The van der Waals surface area contributed by atoms with Crippen molar-refractivity contribution in [2.45, 2.75) is 32.7 Å². The first kappa shape index (κ1) is 9.74. The zero-order chi connectivity index (χ0) is 9.14. The number of aromatic nitrogens is 1. The zero-order valence-corrected chi connectivity index (χ0v) is 8.43. The summed E-state index contributed by atoms with van der Waals surface area (Å²) in [5.41, 5.74) is 0. The van der Waals surface area contributed by atoms with E-state index in [1.165, 1.54) is 0 Å². The molecular weight excluding hydrogens is 169 g/mol. The maximum atomic E-state index is 9.23. The van der Waals surface area contributed by atoms with E-state index in [-0.39, 0.29) is 0 Å². The molecule has 0 aromatic carbocycles. The van der Waals surface area contributed by atoms with Gasteiger partial charge in [0.25, 0.3) is 0 Å². The van der Waals surface area contributed by atoms with Crippen LogP contribution in [0.3, 0.4) is 0 Å². The highest BCUT2D eigenvalue weighted by atomic mass is 32.1. The van der Waals surface area contributed by atoms with Gasteiger partial charge in [-0.15, -0.1) is 11.3 Å². The fourth-order valence-corrected chi connectivity index (χ4v) is 1.82. The summed E-state index contributed by atoms with van der Waals surface area (Å²) in [6.45, 7) is 5.99. The van der Waals surface area contributed by atoms with Crippen molar-refractivity contribution in [3.8, 4) is 0 Å². The summed E-state index contributed by atoms with van der Waals surface area (Å²) in [5, 5.41) is 9.23. The van der Waals surface area contributed by atoms with Gasteiger partial charge in [-0.3, -0.25) is 4.98 Å². The molecule has 1 heterocycles. The van der Waals surface area contributed by atoms with Gasteiger partial charge in [-0.1, -0.05) is 19.7 Å². The summed E-state index contributed by atoms with van der Waals surface area (Å²) in [6, 6.07) is 0. The van der Waals surface area contributed by atoms with E-state index in [2.05, 4.69) is 26.1 Å². The molecule has 0 saturated heterocycles. The molecule has 4 heteroatoms. The van der Waals surface area contributed by atoms with E-state index < -0.39 is 6.10 Å². The summed E-state index contributed by atoms with van der Waals surface area (Å²) in [4.78, 5) is 6.11. The third-order valence-electron chi connectivity index (χ3n) is 1.43. The van der Waals surface area contributed by atoms with Crippen LogP contribution in [0.1, 0.15) is 31.8 Å². The Morgan fingerprint density at radius 3 is 2.58 bits per heavy atom. The molecular formula is C8H13BNOS. The summed E-state index contributed by atoms with van der Waals surface area (Å²) in [7, 11) is 2.09. The van der Waals surface area contributed by atoms with Gasteiger partial charge >= 0.3 is 0 Å². The average Bonchev–Trinajstić information content (AvgIpc) is 2.34. The molecule has 2 nitrogen and oxygen atoms in total. The molecule has 0 amide bonds. The van der Waals surface area contributed by atoms with E-state index in [4.69, 9.17) is 0 Å². The van der Waals surface area contributed by atoms with E-state index in [9.17, 15) is 5.11 Å². The molecule has 0 spiro atoms. The predicted octanol–water partition coefficient (Wildman–Crippen LogP) is 1.35. The third kappa shape index (κ3) is 2.61. The van der Waals surface area contributed by atoms with Crippen LogP contribution in [-0.4, -0.2) is 17.4 Å². The number of hydrogen-bond acceptors (Lipinski definition) is 3. The lowest BCUT2D eigenvalue weighted by Gasteiger charge is -1.97. The molecule has 1 rings (SSSR count). The smallest absolute Gasteiger partial charge is 0.195 e. The van der Waals surface area contributed by atoms with Gasteiger partial charge in [-0.2, -0.15) is 0 Å². The van der Waals surface area contributed by atoms with Crippen LogP contribution in [0, 0.1) is 0 Å². The maximum absolute atomic E-state index is 9.23. The van der Waals surface area contributed by atoms with Crippen molar-refractivity contribution in [3.05, 3.63) is 11.1 Å². The summed E-state index contributed by atoms with van der Waals surface area (Å²) >= 11 is 1.55. The van der Waals surface area contributed by atoms with Crippen molar-refractivity contribution in [1.82, 2.24) is 4.98 Å². The molecule has 1 aromatic rings. The SMILES string of the molecule is CC(C)[B]c1ncc(C(C)O)s1.